The number of halogens is 1. The van der Waals surface area contributed by atoms with Gasteiger partial charge >= 0.3 is 0 Å². The monoisotopic (exact) mass is 370 g/mol. The van der Waals surface area contributed by atoms with Crippen molar-refractivity contribution in [3.8, 4) is 0 Å². The lowest BCUT2D eigenvalue weighted by Gasteiger charge is -2.14. The summed E-state index contributed by atoms with van der Waals surface area (Å²) in [7, 11) is 0. The van der Waals surface area contributed by atoms with Crippen LogP contribution >= 0.6 is 11.6 Å². The number of hydrogen-bond donors (Lipinski definition) is 2. The Morgan fingerprint density at radius 3 is 2.54 bits per heavy atom. The third kappa shape index (κ3) is 3.16. The Morgan fingerprint density at radius 1 is 1.15 bits per heavy atom. The van der Waals surface area contributed by atoms with E-state index in [0.717, 1.165) is 5.01 Å². The van der Waals surface area contributed by atoms with Gasteiger partial charge in [-0.3, -0.25) is 14.4 Å². The predicted molar refractivity (Wildman–Crippen MR) is 98.9 cm³/mol. The van der Waals surface area contributed by atoms with E-state index >= 15 is 0 Å². The van der Waals surface area contributed by atoms with Crippen LogP contribution in [0.2, 0.25) is 5.02 Å². The molecule has 1 heterocycles. The van der Waals surface area contributed by atoms with Crippen LogP contribution in [-0.4, -0.2) is 23.4 Å². The van der Waals surface area contributed by atoms with Crippen molar-refractivity contribution in [1.29, 1.82) is 0 Å². The molecule has 0 fully saturated rings. The topological polar surface area (TPSA) is 105 Å². The fourth-order valence-corrected chi connectivity index (χ4v) is 2.70. The maximum Gasteiger partial charge on any atom is 0.293 e. The molecule has 0 spiro atoms. The molecule has 7 nitrogen and oxygen atoms in total. The summed E-state index contributed by atoms with van der Waals surface area (Å²) >= 11 is 6.00. The molecule has 1 aliphatic rings. The van der Waals surface area contributed by atoms with E-state index in [-0.39, 0.29) is 5.84 Å². The molecule has 0 aliphatic carbocycles. The molecule has 0 bridgehead atoms. The smallest absolute Gasteiger partial charge is 0.293 e. The van der Waals surface area contributed by atoms with E-state index in [4.69, 9.17) is 17.3 Å². The number of hydrazone groups is 1. The zero-order valence-electron chi connectivity index (χ0n) is 13.8. The Morgan fingerprint density at radius 2 is 1.85 bits per heavy atom. The van der Waals surface area contributed by atoms with Crippen LogP contribution < -0.4 is 16.1 Å². The second-order valence-electron chi connectivity index (χ2n) is 5.67. The number of nitrogens with zero attached hydrogens (tertiary/aromatic N) is 2. The van der Waals surface area contributed by atoms with Crippen molar-refractivity contribution in [2.45, 2.75) is 6.92 Å². The van der Waals surface area contributed by atoms with Crippen molar-refractivity contribution >= 4 is 46.4 Å². The van der Waals surface area contributed by atoms with E-state index in [1.807, 2.05) is 0 Å². The highest BCUT2D eigenvalue weighted by molar-refractivity contribution is 6.50. The SMILES string of the molecule is Cc1c(Cl)cccc1NC(=O)C(=O)C1C(=O)N(c2ccccc2)N=C1N. The number of amidine groups is 1. The summed E-state index contributed by atoms with van der Waals surface area (Å²) in [6.45, 7) is 1.70. The molecule has 1 unspecified atom stereocenters. The van der Waals surface area contributed by atoms with Gasteiger partial charge < -0.3 is 11.1 Å². The minimum Gasteiger partial charge on any atom is -0.385 e. The number of rotatable bonds is 4. The van der Waals surface area contributed by atoms with Gasteiger partial charge in [-0.1, -0.05) is 35.9 Å². The van der Waals surface area contributed by atoms with Crippen LogP contribution in [0.5, 0.6) is 0 Å². The van der Waals surface area contributed by atoms with Crippen molar-refractivity contribution in [3.63, 3.8) is 0 Å². The van der Waals surface area contributed by atoms with Crippen LogP contribution in [0, 0.1) is 12.8 Å². The van der Waals surface area contributed by atoms with Gasteiger partial charge in [0.15, 0.2) is 5.92 Å². The van der Waals surface area contributed by atoms with E-state index in [1.54, 1.807) is 55.5 Å². The molecule has 0 aromatic heterocycles. The van der Waals surface area contributed by atoms with Crippen molar-refractivity contribution in [3.05, 3.63) is 59.1 Å². The quantitative estimate of drug-likeness (QED) is 0.635. The lowest BCUT2D eigenvalue weighted by atomic mass is 10.0. The van der Waals surface area contributed by atoms with Crippen molar-refractivity contribution in [1.82, 2.24) is 0 Å². The molecule has 132 valence electrons. The van der Waals surface area contributed by atoms with Gasteiger partial charge in [-0.25, -0.2) is 0 Å². The van der Waals surface area contributed by atoms with E-state index in [2.05, 4.69) is 10.4 Å². The third-order valence-electron chi connectivity index (χ3n) is 3.97. The molecule has 0 saturated carbocycles. The first-order valence-corrected chi connectivity index (χ1v) is 8.11. The molecule has 0 radical (unpaired) electrons. The first-order chi connectivity index (χ1) is 12.4. The highest BCUT2D eigenvalue weighted by Gasteiger charge is 2.43. The van der Waals surface area contributed by atoms with Gasteiger partial charge in [0.2, 0.25) is 5.78 Å². The number of nitrogens with two attached hydrogens (primary N) is 1. The highest BCUT2D eigenvalue weighted by atomic mass is 35.5. The van der Waals surface area contributed by atoms with Gasteiger partial charge in [0, 0.05) is 10.7 Å². The summed E-state index contributed by atoms with van der Waals surface area (Å²) in [5, 5.41) is 7.86. The van der Waals surface area contributed by atoms with Gasteiger partial charge in [-0.05, 0) is 36.8 Å². The number of anilines is 2. The van der Waals surface area contributed by atoms with Crippen LogP contribution in [-0.2, 0) is 14.4 Å². The number of Topliss-reactive ketones (excluding diaryl/α,β-unsaturated/α-hetero) is 1. The number of nitrogens with one attached hydrogen (secondary N) is 1. The summed E-state index contributed by atoms with van der Waals surface area (Å²) in [5.74, 6) is -4.27. The molecule has 1 aliphatic heterocycles. The minimum absolute atomic E-state index is 0.221. The number of para-hydroxylation sites is 1. The molecule has 3 rings (SSSR count). The summed E-state index contributed by atoms with van der Waals surface area (Å²) in [4.78, 5) is 37.3. The van der Waals surface area contributed by atoms with Gasteiger partial charge in [-0.2, -0.15) is 10.1 Å². The van der Waals surface area contributed by atoms with E-state index in [0.29, 0.717) is 22.0 Å². The second-order valence-corrected chi connectivity index (χ2v) is 6.08. The Hall–Kier alpha value is -3.19. The minimum atomic E-state index is -1.45. The van der Waals surface area contributed by atoms with Crippen LogP contribution in [0.25, 0.3) is 0 Å². The molecule has 2 amide bonds. The van der Waals surface area contributed by atoms with E-state index in [9.17, 15) is 14.4 Å². The standard InChI is InChI=1S/C18H15ClN4O3/c1-10-12(19)8-5-9-13(10)21-17(25)15(24)14-16(20)22-23(18(14)26)11-6-3-2-4-7-11/h2-9,14H,1H3,(H2,20,22)(H,21,25). The summed E-state index contributed by atoms with van der Waals surface area (Å²) in [6, 6.07) is 13.4. The van der Waals surface area contributed by atoms with Crippen molar-refractivity contribution in [2.24, 2.45) is 16.8 Å². The summed E-state index contributed by atoms with van der Waals surface area (Å²) in [5.41, 5.74) is 7.21. The maximum absolute atomic E-state index is 12.5. The van der Waals surface area contributed by atoms with Crippen LogP contribution in [0.4, 0.5) is 11.4 Å². The number of carbonyl (C=O) groups is 3. The van der Waals surface area contributed by atoms with Gasteiger partial charge in [0.25, 0.3) is 11.8 Å². The molecule has 2 aromatic rings. The van der Waals surface area contributed by atoms with Gasteiger partial charge in [0.05, 0.1) is 5.69 Å². The van der Waals surface area contributed by atoms with Crippen molar-refractivity contribution < 1.29 is 14.4 Å². The molecule has 8 heteroatoms. The molecular weight excluding hydrogens is 356 g/mol. The number of ketones is 1. The molecule has 1 atom stereocenters. The molecule has 2 aromatic carbocycles. The number of carbonyl (C=O) groups excluding carboxylic acids is 3. The zero-order valence-corrected chi connectivity index (χ0v) is 14.5. The average molecular weight is 371 g/mol. The number of amides is 2. The number of hydrogen-bond acceptors (Lipinski definition) is 5. The van der Waals surface area contributed by atoms with Gasteiger partial charge in [0.1, 0.15) is 5.84 Å². The number of benzene rings is 2. The summed E-state index contributed by atoms with van der Waals surface area (Å²) < 4.78 is 0. The zero-order chi connectivity index (χ0) is 18.8. The first-order valence-electron chi connectivity index (χ1n) is 7.73. The Bertz CT molecular complexity index is 927. The predicted octanol–water partition coefficient (Wildman–Crippen LogP) is 2.09. The van der Waals surface area contributed by atoms with Crippen LogP contribution in [0.3, 0.4) is 0 Å². The van der Waals surface area contributed by atoms with Crippen molar-refractivity contribution in [2.75, 3.05) is 10.3 Å². The van der Waals surface area contributed by atoms with Gasteiger partial charge in [-0.15, -0.1) is 0 Å². The Labute approximate surface area is 154 Å². The lowest BCUT2D eigenvalue weighted by molar-refractivity contribution is -0.138. The van der Waals surface area contributed by atoms with Crippen LogP contribution in [0.1, 0.15) is 5.56 Å². The Kier molecular flexibility index (Phi) is 4.73. The lowest BCUT2D eigenvalue weighted by Crippen LogP contribution is -2.41. The highest BCUT2D eigenvalue weighted by Crippen LogP contribution is 2.25. The maximum atomic E-state index is 12.5. The molecule has 3 N–H and O–H groups in total. The fraction of sp³-hybridized carbons (Fsp3) is 0.111. The molecule has 0 saturated heterocycles. The fourth-order valence-electron chi connectivity index (χ4n) is 2.53. The largest absolute Gasteiger partial charge is 0.385 e. The molecular formula is C18H15ClN4O3. The average Bonchev–Trinajstić information content (AvgIpc) is 2.93. The third-order valence-corrected chi connectivity index (χ3v) is 4.38. The van der Waals surface area contributed by atoms with E-state index in [1.165, 1.54) is 0 Å². The normalized spacial score (nSPS) is 16.4. The second kappa shape index (κ2) is 6.97. The molecule has 26 heavy (non-hydrogen) atoms. The Balaban J connectivity index is 1.79. The van der Waals surface area contributed by atoms with Crippen LogP contribution in [0.15, 0.2) is 53.6 Å². The first kappa shape index (κ1) is 17.6. The summed E-state index contributed by atoms with van der Waals surface area (Å²) in [6.07, 6.45) is 0. The van der Waals surface area contributed by atoms with E-state index < -0.39 is 23.5 Å².